The summed E-state index contributed by atoms with van der Waals surface area (Å²) in [5, 5.41) is 7.66. The van der Waals surface area contributed by atoms with E-state index in [1.807, 2.05) is 36.5 Å². The number of hydrogen-bond acceptors (Lipinski definition) is 7. The molecule has 0 amide bonds. The number of ether oxygens (including phenoxy) is 3. The first-order chi connectivity index (χ1) is 13.7. The Balaban J connectivity index is 1.73. The quantitative estimate of drug-likeness (QED) is 0.550. The zero-order valence-electron chi connectivity index (χ0n) is 15.7. The second-order valence-electron chi connectivity index (χ2n) is 5.91. The number of benzene rings is 1. The Kier molecular flexibility index (Phi) is 4.67. The van der Waals surface area contributed by atoms with Gasteiger partial charge in [0.2, 0.25) is 5.75 Å². The molecule has 8 heteroatoms. The Morgan fingerprint density at radius 1 is 0.929 bits per heavy atom. The van der Waals surface area contributed by atoms with Crippen molar-refractivity contribution in [3.8, 4) is 28.4 Å². The van der Waals surface area contributed by atoms with Crippen molar-refractivity contribution in [1.82, 2.24) is 19.6 Å². The van der Waals surface area contributed by atoms with Crippen molar-refractivity contribution in [2.45, 2.75) is 0 Å². The number of nitrogens with zero attached hydrogens (tertiary/aromatic N) is 4. The molecule has 0 bridgehead atoms. The third kappa shape index (κ3) is 3.16. The number of hydrogen-bond donors (Lipinski definition) is 1. The van der Waals surface area contributed by atoms with Gasteiger partial charge in [0, 0.05) is 42.0 Å². The summed E-state index contributed by atoms with van der Waals surface area (Å²) in [4.78, 5) is 8.78. The molecule has 142 valence electrons. The highest BCUT2D eigenvalue weighted by Gasteiger charge is 2.14. The molecule has 28 heavy (non-hydrogen) atoms. The average Bonchev–Trinajstić information content (AvgIpc) is 3.16. The van der Waals surface area contributed by atoms with Gasteiger partial charge in [0.25, 0.3) is 0 Å². The van der Waals surface area contributed by atoms with Crippen LogP contribution in [0.5, 0.6) is 17.2 Å². The molecule has 3 aromatic heterocycles. The number of pyridine rings is 1. The molecular weight excluding hydrogens is 358 g/mol. The van der Waals surface area contributed by atoms with Crippen LogP contribution in [0.4, 0.5) is 11.5 Å². The topological polar surface area (TPSA) is 82.8 Å². The summed E-state index contributed by atoms with van der Waals surface area (Å²) in [6.45, 7) is 0. The molecule has 4 rings (SSSR count). The molecule has 0 unspecified atom stereocenters. The highest BCUT2D eigenvalue weighted by atomic mass is 16.5. The highest BCUT2D eigenvalue weighted by molar-refractivity contribution is 5.78. The summed E-state index contributed by atoms with van der Waals surface area (Å²) in [6, 6.07) is 9.36. The van der Waals surface area contributed by atoms with E-state index in [4.69, 9.17) is 19.2 Å². The van der Waals surface area contributed by atoms with E-state index in [1.165, 1.54) is 0 Å². The van der Waals surface area contributed by atoms with Gasteiger partial charge in [-0.2, -0.15) is 5.10 Å². The van der Waals surface area contributed by atoms with Crippen molar-refractivity contribution >= 4 is 17.2 Å². The molecule has 1 aromatic carbocycles. The van der Waals surface area contributed by atoms with E-state index in [0.29, 0.717) is 23.1 Å². The molecule has 0 saturated heterocycles. The number of rotatable bonds is 6. The molecule has 8 nitrogen and oxygen atoms in total. The van der Waals surface area contributed by atoms with Gasteiger partial charge >= 0.3 is 0 Å². The average molecular weight is 377 g/mol. The van der Waals surface area contributed by atoms with Crippen LogP contribution in [0.3, 0.4) is 0 Å². The molecule has 0 fully saturated rings. The number of anilines is 2. The minimum Gasteiger partial charge on any atom is -0.493 e. The monoisotopic (exact) mass is 377 g/mol. The van der Waals surface area contributed by atoms with Crippen LogP contribution in [0.25, 0.3) is 16.8 Å². The lowest BCUT2D eigenvalue weighted by Crippen LogP contribution is -2.00. The molecule has 0 spiro atoms. The van der Waals surface area contributed by atoms with Crippen molar-refractivity contribution in [3.05, 3.63) is 55.1 Å². The maximum absolute atomic E-state index is 5.41. The van der Waals surface area contributed by atoms with Crippen molar-refractivity contribution < 1.29 is 14.2 Å². The predicted octanol–water partition coefficient (Wildman–Crippen LogP) is 3.56. The Bertz CT molecular complexity index is 1090. The minimum absolute atomic E-state index is 0.537. The fourth-order valence-corrected chi connectivity index (χ4v) is 2.97. The summed E-state index contributed by atoms with van der Waals surface area (Å²) >= 11 is 0. The Hall–Kier alpha value is -3.81. The summed E-state index contributed by atoms with van der Waals surface area (Å²) in [5.41, 5.74) is 3.43. The molecule has 1 N–H and O–H groups in total. The Morgan fingerprint density at radius 3 is 2.29 bits per heavy atom. The molecule has 0 atom stereocenters. The standard InChI is InChI=1S/C20H19N5O3/c1-26-16-10-14(11-17(27-2)19(16)28-3)23-18-6-9-25-20(24-18)15(12-22-25)13-4-7-21-8-5-13/h4-12H,1-3H3,(H,23,24). The van der Waals surface area contributed by atoms with Gasteiger partial charge in [0.15, 0.2) is 17.1 Å². The zero-order valence-corrected chi connectivity index (χ0v) is 15.7. The first-order valence-electron chi connectivity index (χ1n) is 8.55. The maximum Gasteiger partial charge on any atom is 0.203 e. The largest absolute Gasteiger partial charge is 0.493 e. The van der Waals surface area contributed by atoms with E-state index in [2.05, 4.69) is 15.4 Å². The molecular formula is C20H19N5O3. The lowest BCUT2D eigenvalue weighted by molar-refractivity contribution is 0.324. The lowest BCUT2D eigenvalue weighted by atomic mass is 10.1. The van der Waals surface area contributed by atoms with E-state index in [1.54, 1.807) is 44.4 Å². The van der Waals surface area contributed by atoms with Gasteiger partial charge < -0.3 is 19.5 Å². The Morgan fingerprint density at radius 2 is 1.64 bits per heavy atom. The molecule has 4 aromatic rings. The number of aromatic nitrogens is 4. The second kappa shape index (κ2) is 7.43. The number of nitrogens with one attached hydrogen (secondary N) is 1. The van der Waals surface area contributed by atoms with E-state index < -0.39 is 0 Å². The number of methoxy groups -OCH3 is 3. The predicted molar refractivity (Wildman–Crippen MR) is 106 cm³/mol. The van der Waals surface area contributed by atoms with E-state index in [9.17, 15) is 0 Å². The maximum atomic E-state index is 5.41. The van der Waals surface area contributed by atoms with Gasteiger partial charge in [-0.25, -0.2) is 9.50 Å². The van der Waals surface area contributed by atoms with E-state index >= 15 is 0 Å². The van der Waals surface area contributed by atoms with Crippen LogP contribution in [-0.4, -0.2) is 40.9 Å². The van der Waals surface area contributed by atoms with Crippen LogP contribution in [-0.2, 0) is 0 Å². The first-order valence-corrected chi connectivity index (χ1v) is 8.55. The van der Waals surface area contributed by atoms with Crippen LogP contribution in [0.15, 0.2) is 55.1 Å². The SMILES string of the molecule is COc1cc(Nc2ccn3ncc(-c4ccncc4)c3n2)cc(OC)c1OC. The van der Waals surface area contributed by atoms with Crippen molar-refractivity contribution in [2.75, 3.05) is 26.6 Å². The molecule has 0 saturated carbocycles. The van der Waals surface area contributed by atoms with Gasteiger partial charge in [0.05, 0.1) is 27.5 Å². The van der Waals surface area contributed by atoms with Gasteiger partial charge in [0.1, 0.15) is 5.82 Å². The van der Waals surface area contributed by atoms with Crippen molar-refractivity contribution in [1.29, 1.82) is 0 Å². The normalized spacial score (nSPS) is 10.7. The molecule has 0 aliphatic heterocycles. The van der Waals surface area contributed by atoms with Crippen LogP contribution < -0.4 is 19.5 Å². The molecule has 0 radical (unpaired) electrons. The van der Waals surface area contributed by atoms with E-state index in [-0.39, 0.29) is 0 Å². The first kappa shape index (κ1) is 17.6. The molecule has 0 aliphatic carbocycles. The third-order valence-corrected chi connectivity index (χ3v) is 4.30. The van der Waals surface area contributed by atoms with Gasteiger partial charge in [-0.15, -0.1) is 0 Å². The fourth-order valence-electron chi connectivity index (χ4n) is 2.97. The summed E-state index contributed by atoms with van der Waals surface area (Å²) < 4.78 is 17.9. The number of fused-ring (bicyclic) bond motifs is 1. The van der Waals surface area contributed by atoms with Crippen LogP contribution in [0, 0.1) is 0 Å². The summed E-state index contributed by atoms with van der Waals surface area (Å²) in [7, 11) is 4.74. The molecule has 3 heterocycles. The summed E-state index contributed by atoms with van der Waals surface area (Å²) in [5.74, 6) is 2.33. The van der Waals surface area contributed by atoms with Crippen molar-refractivity contribution in [3.63, 3.8) is 0 Å². The van der Waals surface area contributed by atoms with Gasteiger partial charge in [-0.05, 0) is 23.8 Å². The second-order valence-corrected chi connectivity index (χ2v) is 5.91. The molecule has 0 aliphatic rings. The Labute approximate surface area is 161 Å². The zero-order chi connectivity index (χ0) is 19.5. The van der Waals surface area contributed by atoms with Gasteiger partial charge in [-0.1, -0.05) is 0 Å². The van der Waals surface area contributed by atoms with Crippen LogP contribution >= 0.6 is 0 Å². The third-order valence-electron chi connectivity index (χ3n) is 4.30. The smallest absolute Gasteiger partial charge is 0.203 e. The van der Waals surface area contributed by atoms with Gasteiger partial charge in [-0.3, -0.25) is 4.98 Å². The minimum atomic E-state index is 0.537. The lowest BCUT2D eigenvalue weighted by Gasteiger charge is -2.15. The highest BCUT2D eigenvalue weighted by Crippen LogP contribution is 2.40. The van der Waals surface area contributed by atoms with Crippen LogP contribution in [0.2, 0.25) is 0 Å². The van der Waals surface area contributed by atoms with Crippen molar-refractivity contribution in [2.24, 2.45) is 0 Å². The summed E-state index contributed by atoms with van der Waals surface area (Å²) in [6.07, 6.45) is 7.14. The van der Waals surface area contributed by atoms with Crippen LogP contribution in [0.1, 0.15) is 0 Å². The fraction of sp³-hybridized carbons (Fsp3) is 0.150. The van der Waals surface area contributed by atoms with E-state index in [0.717, 1.165) is 22.5 Å².